The molecule has 0 aliphatic carbocycles. The molecule has 0 aliphatic rings. The number of aliphatic hydroxyl groups excluding tert-OH is 1. The molecular formula is C8H17O5P. The standard InChI is InChI=1S/C8H17O5P/c1-3-8(10)13-14(2,11)12-7-5-4-6-9/h9H,3-7H2,1-2H3. The predicted octanol–water partition coefficient (Wildman–Crippen LogP) is 1.55. The van der Waals surface area contributed by atoms with Crippen molar-refractivity contribution in [3.8, 4) is 0 Å². The summed E-state index contributed by atoms with van der Waals surface area (Å²) in [5.74, 6) is -0.530. The Morgan fingerprint density at radius 2 is 2.07 bits per heavy atom. The van der Waals surface area contributed by atoms with Gasteiger partial charge in [0.1, 0.15) is 0 Å². The van der Waals surface area contributed by atoms with Crippen molar-refractivity contribution in [3.05, 3.63) is 0 Å². The first kappa shape index (κ1) is 13.6. The van der Waals surface area contributed by atoms with Gasteiger partial charge in [0.2, 0.25) is 0 Å². The molecule has 0 aromatic heterocycles. The van der Waals surface area contributed by atoms with E-state index < -0.39 is 13.6 Å². The van der Waals surface area contributed by atoms with E-state index in [9.17, 15) is 9.36 Å². The van der Waals surface area contributed by atoms with Gasteiger partial charge in [-0.15, -0.1) is 0 Å². The highest BCUT2D eigenvalue weighted by molar-refractivity contribution is 7.53. The van der Waals surface area contributed by atoms with Gasteiger partial charge in [-0.25, -0.2) is 4.57 Å². The topological polar surface area (TPSA) is 72.8 Å². The highest BCUT2D eigenvalue weighted by atomic mass is 31.2. The number of hydrogen-bond acceptors (Lipinski definition) is 5. The third-order valence-corrected chi connectivity index (χ3v) is 2.62. The summed E-state index contributed by atoms with van der Waals surface area (Å²) in [5, 5.41) is 8.47. The first-order chi connectivity index (χ1) is 6.52. The molecule has 0 radical (unpaired) electrons. The lowest BCUT2D eigenvalue weighted by atomic mass is 10.3. The zero-order valence-corrected chi connectivity index (χ0v) is 9.46. The van der Waals surface area contributed by atoms with Gasteiger partial charge in [-0.1, -0.05) is 6.92 Å². The molecule has 1 atom stereocenters. The van der Waals surface area contributed by atoms with Crippen molar-refractivity contribution in [2.24, 2.45) is 0 Å². The molecule has 0 aromatic rings. The second-order valence-electron chi connectivity index (χ2n) is 2.85. The fraction of sp³-hybridized carbons (Fsp3) is 0.875. The maximum absolute atomic E-state index is 11.4. The van der Waals surface area contributed by atoms with Crippen molar-refractivity contribution >= 4 is 13.6 Å². The number of carbonyl (C=O) groups is 1. The number of aliphatic hydroxyl groups is 1. The summed E-state index contributed by atoms with van der Waals surface area (Å²) < 4.78 is 20.9. The number of hydrogen-bond donors (Lipinski definition) is 1. The normalized spacial score (nSPS) is 14.8. The van der Waals surface area contributed by atoms with Crippen LogP contribution in [0, 0.1) is 0 Å². The molecule has 0 bridgehead atoms. The van der Waals surface area contributed by atoms with Crippen LogP contribution < -0.4 is 0 Å². The third-order valence-electron chi connectivity index (χ3n) is 1.43. The summed E-state index contributed by atoms with van der Waals surface area (Å²) >= 11 is 0. The zero-order chi connectivity index (χ0) is 11.0. The smallest absolute Gasteiger partial charge is 0.378 e. The van der Waals surface area contributed by atoms with Gasteiger partial charge in [-0.3, -0.25) is 9.32 Å². The van der Waals surface area contributed by atoms with E-state index in [0.29, 0.717) is 12.8 Å². The summed E-state index contributed by atoms with van der Waals surface area (Å²) in [6.07, 6.45) is 1.36. The molecule has 1 N–H and O–H groups in total. The SMILES string of the molecule is CCC(=O)OP(C)(=O)OCCCCO. The number of carbonyl (C=O) groups excluding carboxylic acids is 1. The summed E-state index contributed by atoms with van der Waals surface area (Å²) in [4.78, 5) is 10.8. The van der Waals surface area contributed by atoms with Crippen molar-refractivity contribution in [2.75, 3.05) is 19.9 Å². The van der Waals surface area contributed by atoms with Gasteiger partial charge in [0.25, 0.3) is 0 Å². The lowest BCUT2D eigenvalue weighted by Gasteiger charge is -2.12. The summed E-state index contributed by atoms with van der Waals surface area (Å²) in [7, 11) is -3.24. The van der Waals surface area contributed by atoms with E-state index in [2.05, 4.69) is 4.52 Å². The van der Waals surface area contributed by atoms with E-state index in [4.69, 9.17) is 9.63 Å². The van der Waals surface area contributed by atoms with Crippen LogP contribution in [0.4, 0.5) is 0 Å². The maximum Gasteiger partial charge on any atom is 0.378 e. The van der Waals surface area contributed by atoms with E-state index >= 15 is 0 Å². The molecule has 0 amide bonds. The minimum absolute atomic E-state index is 0.0755. The van der Waals surface area contributed by atoms with Crippen molar-refractivity contribution in [1.29, 1.82) is 0 Å². The molecule has 14 heavy (non-hydrogen) atoms. The fourth-order valence-electron chi connectivity index (χ4n) is 0.720. The molecule has 0 rings (SSSR count). The molecule has 6 heteroatoms. The van der Waals surface area contributed by atoms with Gasteiger partial charge in [0, 0.05) is 13.0 Å². The molecule has 0 saturated heterocycles. The van der Waals surface area contributed by atoms with E-state index in [0.717, 1.165) is 0 Å². The van der Waals surface area contributed by atoms with Gasteiger partial charge >= 0.3 is 13.6 Å². The fourth-order valence-corrected chi connectivity index (χ4v) is 1.73. The van der Waals surface area contributed by atoms with Crippen LogP contribution in [0.3, 0.4) is 0 Å². The Balaban J connectivity index is 3.72. The van der Waals surface area contributed by atoms with Crippen LogP contribution in [0.1, 0.15) is 26.2 Å². The number of unbranched alkanes of at least 4 members (excludes halogenated alkanes) is 1. The van der Waals surface area contributed by atoms with Crippen LogP contribution in [0.25, 0.3) is 0 Å². The van der Waals surface area contributed by atoms with E-state index in [1.54, 1.807) is 6.92 Å². The Labute approximate surface area is 83.9 Å². The predicted molar refractivity (Wildman–Crippen MR) is 52.2 cm³/mol. The summed E-state index contributed by atoms with van der Waals surface area (Å²) in [6, 6.07) is 0. The average molecular weight is 224 g/mol. The van der Waals surface area contributed by atoms with Crippen molar-refractivity contribution in [1.82, 2.24) is 0 Å². The molecule has 0 heterocycles. The highest BCUT2D eigenvalue weighted by Gasteiger charge is 2.20. The van der Waals surface area contributed by atoms with E-state index in [1.165, 1.54) is 6.66 Å². The van der Waals surface area contributed by atoms with Crippen LogP contribution in [0.5, 0.6) is 0 Å². The van der Waals surface area contributed by atoms with Crippen molar-refractivity contribution in [2.45, 2.75) is 26.2 Å². The first-order valence-corrected chi connectivity index (χ1v) is 6.56. The monoisotopic (exact) mass is 224 g/mol. The van der Waals surface area contributed by atoms with Crippen LogP contribution in [0.15, 0.2) is 0 Å². The Kier molecular flexibility index (Phi) is 6.79. The van der Waals surface area contributed by atoms with Crippen LogP contribution in [-0.2, 0) is 18.4 Å². The molecule has 1 unspecified atom stereocenters. The Hall–Kier alpha value is -0.380. The molecule has 0 fully saturated rings. The van der Waals surface area contributed by atoms with E-state index in [1.807, 2.05) is 0 Å². The van der Waals surface area contributed by atoms with Crippen molar-refractivity contribution in [3.63, 3.8) is 0 Å². The number of rotatable bonds is 7. The quantitative estimate of drug-likeness (QED) is 0.524. The van der Waals surface area contributed by atoms with Gasteiger partial charge < -0.3 is 9.63 Å². The van der Waals surface area contributed by atoms with E-state index in [-0.39, 0.29) is 19.6 Å². The lowest BCUT2D eigenvalue weighted by Crippen LogP contribution is -2.03. The maximum atomic E-state index is 11.4. The lowest BCUT2D eigenvalue weighted by molar-refractivity contribution is -0.134. The van der Waals surface area contributed by atoms with Gasteiger partial charge in [0.15, 0.2) is 0 Å². The molecule has 0 spiro atoms. The minimum atomic E-state index is -3.24. The molecule has 0 saturated carbocycles. The van der Waals surface area contributed by atoms with Crippen LogP contribution in [-0.4, -0.2) is 31.0 Å². The average Bonchev–Trinajstić information content (AvgIpc) is 2.12. The second kappa shape index (κ2) is 6.98. The molecule has 84 valence electrons. The Morgan fingerprint density at radius 3 is 2.57 bits per heavy atom. The molecular weight excluding hydrogens is 207 g/mol. The van der Waals surface area contributed by atoms with Gasteiger partial charge in [-0.2, -0.15) is 0 Å². The van der Waals surface area contributed by atoms with Crippen LogP contribution >= 0.6 is 7.60 Å². The Morgan fingerprint density at radius 1 is 1.43 bits per heavy atom. The molecule has 0 aromatic carbocycles. The second-order valence-corrected chi connectivity index (χ2v) is 4.84. The van der Waals surface area contributed by atoms with Crippen LogP contribution in [0.2, 0.25) is 0 Å². The molecule has 0 aliphatic heterocycles. The largest absolute Gasteiger partial charge is 0.396 e. The van der Waals surface area contributed by atoms with Gasteiger partial charge in [-0.05, 0) is 12.8 Å². The zero-order valence-electron chi connectivity index (χ0n) is 8.56. The summed E-state index contributed by atoms with van der Waals surface area (Å²) in [6.45, 7) is 3.19. The molecule has 5 nitrogen and oxygen atoms in total. The third kappa shape index (κ3) is 7.06. The van der Waals surface area contributed by atoms with Crippen molar-refractivity contribution < 1.29 is 23.5 Å². The summed E-state index contributed by atoms with van der Waals surface area (Å²) in [5.41, 5.74) is 0. The minimum Gasteiger partial charge on any atom is -0.396 e. The van der Waals surface area contributed by atoms with Gasteiger partial charge in [0.05, 0.1) is 13.3 Å². The Bertz CT molecular complexity index is 216. The first-order valence-electron chi connectivity index (χ1n) is 4.57. The highest BCUT2D eigenvalue weighted by Crippen LogP contribution is 2.44.